The lowest BCUT2D eigenvalue weighted by Crippen LogP contribution is -2.32. The molecular weight excluding hydrogens is 368 g/mol. The van der Waals surface area contributed by atoms with E-state index in [2.05, 4.69) is 15.6 Å². The summed E-state index contributed by atoms with van der Waals surface area (Å²) in [6.07, 6.45) is 3.82. The minimum Gasteiger partial charge on any atom is -0.379 e. The van der Waals surface area contributed by atoms with Crippen LogP contribution in [0.4, 0.5) is 5.69 Å². The third-order valence-corrected chi connectivity index (χ3v) is 5.09. The number of nitrogens with zero attached hydrogens (tertiary/aromatic N) is 2. The molecule has 7 heteroatoms. The van der Waals surface area contributed by atoms with Gasteiger partial charge in [-0.15, -0.1) is 0 Å². The van der Waals surface area contributed by atoms with Gasteiger partial charge < -0.3 is 15.4 Å². The van der Waals surface area contributed by atoms with E-state index in [4.69, 9.17) is 4.74 Å². The number of rotatable bonds is 6. The second-order valence-corrected chi connectivity index (χ2v) is 7.21. The first-order valence-corrected chi connectivity index (χ1v) is 9.82. The molecule has 0 aliphatic carbocycles. The topological polar surface area (TPSA) is 84.7 Å². The fourth-order valence-corrected chi connectivity index (χ4v) is 3.53. The van der Waals surface area contributed by atoms with Gasteiger partial charge in [-0.25, -0.2) is 4.98 Å². The third kappa shape index (κ3) is 4.30. The molecule has 1 unspecified atom stereocenters. The van der Waals surface area contributed by atoms with E-state index in [9.17, 15) is 9.59 Å². The number of anilines is 1. The zero-order valence-corrected chi connectivity index (χ0v) is 16.4. The van der Waals surface area contributed by atoms with Gasteiger partial charge in [-0.05, 0) is 43.5 Å². The summed E-state index contributed by atoms with van der Waals surface area (Å²) in [6, 6.07) is 12.6. The number of fused-ring (bicyclic) bond motifs is 1. The van der Waals surface area contributed by atoms with E-state index in [-0.39, 0.29) is 17.6 Å². The van der Waals surface area contributed by atoms with Crippen LogP contribution in [0.15, 0.2) is 53.5 Å². The molecule has 150 valence electrons. The number of pyridine rings is 1. The number of nitrogens with one attached hydrogen (secondary N) is 2. The second kappa shape index (κ2) is 8.45. The Labute approximate surface area is 168 Å². The van der Waals surface area contributed by atoms with Crippen molar-refractivity contribution in [3.8, 4) is 0 Å². The average molecular weight is 392 g/mol. The monoisotopic (exact) mass is 392 g/mol. The van der Waals surface area contributed by atoms with Crippen LogP contribution in [-0.2, 0) is 11.3 Å². The maximum absolute atomic E-state index is 12.6. The molecule has 3 aromatic rings. The zero-order chi connectivity index (χ0) is 20.2. The number of benzene rings is 1. The summed E-state index contributed by atoms with van der Waals surface area (Å²) in [4.78, 5) is 29.6. The summed E-state index contributed by atoms with van der Waals surface area (Å²) in [5.74, 6) is -0.147. The summed E-state index contributed by atoms with van der Waals surface area (Å²) in [6.45, 7) is 3.54. The molecule has 1 amide bonds. The molecule has 0 bridgehead atoms. The van der Waals surface area contributed by atoms with Gasteiger partial charge in [0.15, 0.2) is 0 Å². The molecule has 1 aromatic carbocycles. The molecule has 2 aromatic heterocycles. The van der Waals surface area contributed by atoms with Gasteiger partial charge in [-0.3, -0.25) is 14.0 Å². The number of hydrogen-bond acceptors (Lipinski definition) is 5. The van der Waals surface area contributed by atoms with E-state index in [0.717, 1.165) is 25.0 Å². The minimum atomic E-state index is -0.147. The van der Waals surface area contributed by atoms with Crippen molar-refractivity contribution in [3.05, 3.63) is 75.8 Å². The largest absolute Gasteiger partial charge is 0.379 e. The normalized spacial score (nSPS) is 16.1. The fraction of sp³-hybridized carbons (Fsp3) is 0.318. The van der Waals surface area contributed by atoms with Crippen LogP contribution < -0.4 is 16.2 Å². The highest BCUT2D eigenvalue weighted by Crippen LogP contribution is 2.17. The van der Waals surface area contributed by atoms with Crippen molar-refractivity contribution in [2.45, 2.75) is 32.4 Å². The summed E-state index contributed by atoms with van der Waals surface area (Å²) in [5, 5.41) is 6.19. The van der Waals surface area contributed by atoms with Gasteiger partial charge in [0.05, 0.1) is 23.9 Å². The van der Waals surface area contributed by atoms with Crippen LogP contribution in [0.2, 0.25) is 0 Å². The van der Waals surface area contributed by atoms with Crippen LogP contribution in [0.25, 0.3) is 5.65 Å². The molecule has 1 aliphatic rings. The van der Waals surface area contributed by atoms with E-state index in [0.29, 0.717) is 35.7 Å². The van der Waals surface area contributed by atoms with Gasteiger partial charge in [0, 0.05) is 31.1 Å². The molecule has 1 fully saturated rings. The molecule has 0 spiro atoms. The maximum atomic E-state index is 12.6. The highest BCUT2D eigenvalue weighted by molar-refractivity contribution is 5.99. The van der Waals surface area contributed by atoms with Crippen LogP contribution in [0.1, 0.15) is 34.5 Å². The van der Waals surface area contributed by atoms with Crippen molar-refractivity contribution >= 4 is 17.2 Å². The number of ether oxygens (including phenoxy) is 1. The van der Waals surface area contributed by atoms with E-state index in [1.807, 2.05) is 37.3 Å². The van der Waals surface area contributed by atoms with Crippen molar-refractivity contribution < 1.29 is 9.53 Å². The lowest BCUT2D eigenvalue weighted by Gasteiger charge is -2.14. The Bertz CT molecular complexity index is 1090. The van der Waals surface area contributed by atoms with Gasteiger partial charge in [0.1, 0.15) is 5.65 Å². The van der Waals surface area contributed by atoms with Crippen LogP contribution in [-0.4, -0.2) is 34.5 Å². The van der Waals surface area contributed by atoms with Gasteiger partial charge in [-0.1, -0.05) is 18.2 Å². The number of aromatic nitrogens is 2. The van der Waals surface area contributed by atoms with Gasteiger partial charge >= 0.3 is 0 Å². The van der Waals surface area contributed by atoms with E-state index in [1.165, 1.54) is 10.5 Å². The number of carbonyl (C=O) groups excluding carboxylic acids is 1. The van der Waals surface area contributed by atoms with E-state index in [1.54, 1.807) is 12.3 Å². The van der Waals surface area contributed by atoms with Crippen LogP contribution in [0, 0.1) is 6.92 Å². The van der Waals surface area contributed by atoms with Crippen molar-refractivity contribution in [2.75, 3.05) is 18.5 Å². The quantitative estimate of drug-likeness (QED) is 0.673. The van der Waals surface area contributed by atoms with Gasteiger partial charge in [-0.2, -0.15) is 0 Å². The highest BCUT2D eigenvalue weighted by atomic mass is 16.5. The minimum absolute atomic E-state index is 0.0945. The summed E-state index contributed by atoms with van der Waals surface area (Å²) in [5.41, 5.74) is 3.32. The SMILES string of the molecule is Cc1cccn2c(=O)cc(CNc3ccccc3C(=O)NCC3CCCO3)nc12. The Balaban J connectivity index is 1.49. The van der Waals surface area contributed by atoms with E-state index < -0.39 is 0 Å². The molecule has 7 nitrogen and oxygen atoms in total. The Morgan fingerprint density at radius 3 is 2.97 bits per heavy atom. The molecule has 0 radical (unpaired) electrons. The Morgan fingerprint density at radius 1 is 1.28 bits per heavy atom. The highest BCUT2D eigenvalue weighted by Gasteiger charge is 2.18. The van der Waals surface area contributed by atoms with Gasteiger partial charge in [0.25, 0.3) is 11.5 Å². The molecule has 1 saturated heterocycles. The third-order valence-electron chi connectivity index (χ3n) is 5.09. The molecule has 2 N–H and O–H groups in total. The fourth-order valence-electron chi connectivity index (χ4n) is 3.53. The van der Waals surface area contributed by atoms with Crippen LogP contribution in [0.5, 0.6) is 0 Å². The van der Waals surface area contributed by atoms with Gasteiger partial charge in [0.2, 0.25) is 0 Å². The molecule has 1 aliphatic heterocycles. The lowest BCUT2D eigenvalue weighted by atomic mass is 10.1. The molecular formula is C22H24N4O3. The summed E-state index contributed by atoms with van der Waals surface area (Å²) in [7, 11) is 0. The van der Waals surface area contributed by atoms with Crippen LogP contribution in [0.3, 0.4) is 0 Å². The smallest absolute Gasteiger partial charge is 0.258 e. The molecule has 0 saturated carbocycles. The number of para-hydroxylation sites is 1. The van der Waals surface area contributed by atoms with Crippen LogP contribution >= 0.6 is 0 Å². The number of carbonyl (C=O) groups is 1. The Hall–Kier alpha value is -3.19. The standard InChI is InChI=1S/C22H24N4O3/c1-15-6-4-10-26-20(27)12-16(25-21(15)26)13-23-19-9-3-2-8-18(19)22(28)24-14-17-7-5-11-29-17/h2-4,6,8-10,12,17,23H,5,7,11,13-14H2,1H3,(H,24,28). The first-order valence-electron chi connectivity index (χ1n) is 9.82. The maximum Gasteiger partial charge on any atom is 0.258 e. The predicted molar refractivity (Wildman–Crippen MR) is 111 cm³/mol. The molecule has 1 atom stereocenters. The first-order chi connectivity index (χ1) is 14.1. The number of hydrogen-bond donors (Lipinski definition) is 2. The van der Waals surface area contributed by atoms with Crippen molar-refractivity contribution in [1.82, 2.24) is 14.7 Å². The molecule has 3 heterocycles. The van der Waals surface area contributed by atoms with Crippen molar-refractivity contribution in [1.29, 1.82) is 0 Å². The molecule has 4 rings (SSSR count). The Morgan fingerprint density at radius 2 is 2.14 bits per heavy atom. The number of aryl methyl sites for hydroxylation is 1. The number of amides is 1. The van der Waals surface area contributed by atoms with E-state index >= 15 is 0 Å². The predicted octanol–water partition coefficient (Wildman–Crippen LogP) is 2.52. The summed E-state index contributed by atoms with van der Waals surface area (Å²) >= 11 is 0. The van der Waals surface area contributed by atoms with Crippen molar-refractivity contribution in [3.63, 3.8) is 0 Å². The van der Waals surface area contributed by atoms with Crippen molar-refractivity contribution in [2.24, 2.45) is 0 Å². The zero-order valence-electron chi connectivity index (χ0n) is 16.4. The lowest BCUT2D eigenvalue weighted by molar-refractivity contribution is 0.0858. The Kier molecular flexibility index (Phi) is 5.57. The first kappa shape index (κ1) is 19.1. The second-order valence-electron chi connectivity index (χ2n) is 7.21. The average Bonchev–Trinajstić information content (AvgIpc) is 3.25. The molecule has 29 heavy (non-hydrogen) atoms. The summed E-state index contributed by atoms with van der Waals surface area (Å²) < 4.78 is 7.09.